The van der Waals surface area contributed by atoms with E-state index in [1.807, 2.05) is 0 Å². The highest BCUT2D eigenvalue weighted by Crippen LogP contribution is 2.32. The van der Waals surface area contributed by atoms with Crippen LogP contribution in [0.1, 0.15) is 51.9 Å². The number of rotatable bonds is 5. The lowest BCUT2D eigenvalue weighted by Gasteiger charge is -2.27. The molecule has 0 bridgehead atoms. The van der Waals surface area contributed by atoms with Gasteiger partial charge in [0.25, 0.3) is 0 Å². The zero-order valence-electron chi connectivity index (χ0n) is 12.1. The molecular formula is C16H23ClN2O. The summed E-state index contributed by atoms with van der Waals surface area (Å²) >= 11 is 5.96. The second-order valence-electron chi connectivity index (χ2n) is 5.69. The molecular weight excluding hydrogens is 272 g/mol. The lowest BCUT2D eigenvalue weighted by molar-refractivity contribution is -0.121. The van der Waals surface area contributed by atoms with E-state index < -0.39 is 0 Å². The summed E-state index contributed by atoms with van der Waals surface area (Å²) in [4.78, 5) is 16.2. The number of nitrogens with zero attached hydrogens (tertiary/aromatic N) is 1. The van der Waals surface area contributed by atoms with Crippen molar-refractivity contribution >= 4 is 23.2 Å². The number of hydrogen-bond donors (Lipinski definition) is 1. The van der Waals surface area contributed by atoms with E-state index in [1.54, 1.807) is 18.3 Å². The minimum atomic E-state index is 0.0915. The molecule has 1 aromatic heterocycles. The number of unbranched alkanes of at least 4 members (excludes halogenated alkanes) is 1. The first kappa shape index (κ1) is 15.3. The Balaban J connectivity index is 1.82. The molecule has 1 aromatic rings. The van der Waals surface area contributed by atoms with Gasteiger partial charge in [-0.1, -0.05) is 37.8 Å². The molecule has 0 aliphatic heterocycles. The van der Waals surface area contributed by atoms with Crippen molar-refractivity contribution in [1.82, 2.24) is 4.98 Å². The highest BCUT2D eigenvalue weighted by Gasteiger charge is 2.26. The Bertz CT molecular complexity index is 442. The molecule has 1 fully saturated rings. The van der Waals surface area contributed by atoms with E-state index in [2.05, 4.69) is 17.2 Å². The molecule has 3 nitrogen and oxygen atoms in total. The molecule has 1 saturated carbocycles. The van der Waals surface area contributed by atoms with Gasteiger partial charge in [-0.15, -0.1) is 0 Å². The molecule has 2 rings (SSSR count). The van der Waals surface area contributed by atoms with Crippen LogP contribution in [0.15, 0.2) is 18.3 Å². The van der Waals surface area contributed by atoms with Crippen molar-refractivity contribution in [3.63, 3.8) is 0 Å². The second-order valence-corrected chi connectivity index (χ2v) is 6.05. The third-order valence-corrected chi connectivity index (χ3v) is 4.50. The van der Waals surface area contributed by atoms with Crippen LogP contribution in [0.5, 0.6) is 0 Å². The predicted molar refractivity (Wildman–Crippen MR) is 82.8 cm³/mol. The van der Waals surface area contributed by atoms with Crippen molar-refractivity contribution < 1.29 is 4.79 Å². The molecule has 1 heterocycles. The molecule has 0 radical (unpaired) electrons. The first-order valence-corrected chi connectivity index (χ1v) is 8.00. The van der Waals surface area contributed by atoms with E-state index in [4.69, 9.17) is 11.6 Å². The van der Waals surface area contributed by atoms with Gasteiger partial charge in [-0.25, -0.2) is 4.98 Å². The molecule has 4 heteroatoms. The molecule has 0 aromatic carbocycles. The van der Waals surface area contributed by atoms with Crippen LogP contribution in [0.2, 0.25) is 5.15 Å². The molecule has 0 unspecified atom stereocenters. The fourth-order valence-electron chi connectivity index (χ4n) is 2.92. The third kappa shape index (κ3) is 4.20. The normalized spacial score (nSPS) is 22.5. The van der Waals surface area contributed by atoms with E-state index >= 15 is 0 Å². The Morgan fingerprint density at radius 1 is 1.40 bits per heavy atom. The molecule has 1 aliphatic rings. The van der Waals surface area contributed by atoms with E-state index in [9.17, 15) is 4.79 Å². The van der Waals surface area contributed by atoms with Crippen LogP contribution in [-0.2, 0) is 4.79 Å². The number of carbonyl (C=O) groups excluding carboxylic acids is 1. The Kier molecular flexibility index (Phi) is 5.84. The zero-order chi connectivity index (χ0) is 14.4. The van der Waals surface area contributed by atoms with E-state index in [0.29, 0.717) is 10.8 Å². The molecule has 0 spiro atoms. The van der Waals surface area contributed by atoms with Crippen LogP contribution in [-0.4, -0.2) is 10.9 Å². The van der Waals surface area contributed by atoms with Crippen molar-refractivity contribution in [1.29, 1.82) is 0 Å². The van der Waals surface area contributed by atoms with E-state index in [0.717, 1.165) is 18.8 Å². The minimum Gasteiger partial charge on any atom is -0.323 e. The fraction of sp³-hybridized carbons (Fsp3) is 0.625. The molecule has 1 N–H and O–H groups in total. The summed E-state index contributed by atoms with van der Waals surface area (Å²) in [7, 11) is 0. The van der Waals surface area contributed by atoms with Gasteiger partial charge in [0.2, 0.25) is 5.91 Å². The van der Waals surface area contributed by atoms with Gasteiger partial charge in [-0.3, -0.25) is 4.79 Å². The monoisotopic (exact) mass is 294 g/mol. The number of carbonyl (C=O) groups is 1. The summed E-state index contributed by atoms with van der Waals surface area (Å²) in [5.41, 5.74) is 0.618. The minimum absolute atomic E-state index is 0.0915. The third-order valence-electron chi connectivity index (χ3n) is 4.20. The van der Waals surface area contributed by atoms with Crippen molar-refractivity contribution in [2.75, 3.05) is 5.32 Å². The van der Waals surface area contributed by atoms with Gasteiger partial charge in [-0.05, 0) is 43.7 Å². The Labute approximate surface area is 126 Å². The first-order chi connectivity index (χ1) is 9.70. The lowest BCUT2D eigenvalue weighted by atomic mass is 9.79. The highest BCUT2D eigenvalue weighted by atomic mass is 35.5. The molecule has 0 atom stereocenters. The molecule has 1 aliphatic carbocycles. The van der Waals surface area contributed by atoms with Crippen molar-refractivity contribution in [2.45, 2.75) is 51.9 Å². The van der Waals surface area contributed by atoms with Gasteiger partial charge in [0.1, 0.15) is 0 Å². The predicted octanol–water partition coefficient (Wildman–Crippen LogP) is 4.67. The highest BCUT2D eigenvalue weighted by molar-refractivity contribution is 6.32. The maximum absolute atomic E-state index is 12.2. The number of aromatic nitrogens is 1. The Morgan fingerprint density at radius 3 is 2.80 bits per heavy atom. The average Bonchev–Trinajstić information content (AvgIpc) is 2.48. The number of halogens is 1. The Morgan fingerprint density at radius 2 is 2.15 bits per heavy atom. The number of hydrogen-bond acceptors (Lipinski definition) is 2. The van der Waals surface area contributed by atoms with Crippen molar-refractivity contribution in [3.05, 3.63) is 23.5 Å². The van der Waals surface area contributed by atoms with Gasteiger partial charge < -0.3 is 5.32 Å². The smallest absolute Gasteiger partial charge is 0.227 e. The standard InChI is InChI=1S/C16H23ClN2O/c1-2-3-5-12-7-9-13(10-8-12)16(20)19-14-6-4-11-18-15(14)17/h4,6,11-13H,2-3,5,7-10H2,1H3,(H,19,20). The summed E-state index contributed by atoms with van der Waals surface area (Å²) in [6.07, 6.45) is 9.87. The Hall–Kier alpha value is -1.09. The topological polar surface area (TPSA) is 42.0 Å². The number of pyridine rings is 1. The zero-order valence-corrected chi connectivity index (χ0v) is 12.8. The van der Waals surface area contributed by atoms with Crippen LogP contribution in [0.3, 0.4) is 0 Å². The van der Waals surface area contributed by atoms with E-state index in [1.165, 1.54) is 32.1 Å². The van der Waals surface area contributed by atoms with Gasteiger partial charge in [0.05, 0.1) is 5.69 Å². The fourth-order valence-corrected chi connectivity index (χ4v) is 3.09. The van der Waals surface area contributed by atoms with Crippen LogP contribution >= 0.6 is 11.6 Å². The summed E-state index contributed by atoms with van der Waals surface area (Å²) in [6, 6.07) is 3.57. The van der Waals surface area contributed by atoms with Gasteiger partial charge in [-0.2, -0.15) is 0 Å². The van der Waals surface area contributed by atoms with Gasteiger partial charge in [0, 0.05) is 12.1 Å². The van der Waals surface area contributed by atoms with Gasteiger partial charge >= 0.3 is 0 Å². The number of nitrogens with one attached hydrogen (secondary N) is 1. The summed E-state index contributed by atoms with van der Waals surface area (Å²) in [6.45, 7) is 2.23. The summed E-state index contributed by atoms with van der Waals surface area (Å²) < 4.78 is 0. The van der Waals surface area contributed by atoms with Crippen molar-refractivity contribution in [3.8, 4) is 0 Å². The molecule has 0 saturated heterocycles. The number of anilines is 1. The van der Waals surface area contributed by atoms with Gasteiger partial charge in [0.15, 0.2) is 5.15 Å². The summed E-state index contributed by atoms with van der Waals surface area (Å²) in [5, 5.41) is 3.26. The summed E-state index contributed by atoms with van der Waals surface area (Å²) in [5.74, 6) is 1.04. The number of amides is 1. The molecule has 1 amide bonds. The maximum atomic E-state index is 12.2. The van der Waals surface area contributed by atoms with E-state index in [-0.39, 0.29) is 11.8 Å². The maximum Gasteiger partial charge on any atom is 0.227 e. The SMILES string of the molecule is CCCCC1CCC(C(=O)Nc2cccnc2Cl)CC1. The second kappa shape index (κ2) is 7.63. The largest absolute Gasteiger partial charge is 0.323 e. The quantitative estimate of drug-likeness (QED) is 0.802. The van der Waals surface area contributed by atoms with Crippen LogP contribution in [0.4, 0.5) is 5.69 Å². The molecule has 20 heavy (non-hydrogen) atoms. The molecule has 110 valence electrons. The van der Waals surface area contributed by atoms with Crippen LogP contribution in [0.25, 0.3) is 0 Å². The average molecular weight is 295 g/mol. The van der Waals surface area contributed by atoms with Crippen LogP contribution in [0, 0.1) is 11.8 Å². The van der Waals surface area contributed by atoms with Crippen LogP contribution < -0.4 is 5.32 Å². The first-order valence-electron chi connectivity index (χ1n) is 7.62. The van der Waals surface area contributed by atoms with Crippen molar-refractivity contribution in [2.24, 2.45) is 11.8 Å². The lowest BCUT2D eigenvalue weighted by Crippen LogP contribution is -2.27.